The van der Waals surface area contributed by atoms with Gasteiger partial charge < -0.3 is 0 Å². The van der Waals surface area contributed by atoms with E-state index in [4.69, 9.17) is 0 Å². The molecule has 1 aliphatic heterocycles. The van der Waals surface area contributed by atoms with Gasteiger partial charge in [0.15, 0.2) is 0 Å². The summed E-state index contributed by atoms with van der Waals surface area (Å²) in [5, 5.41) is 8.05. The van der Waals surface area contributed by atoms with Crippen molar-refractivity contribution in [2.45, 2.75) is 12.8 Å². The van der Waals surface area contributed by atoms with Crippen LogP contribution in [0.1, 0.15) is 11.1 Å². The van der Waals surface area contributed by atoms with E-state index in [0.29, 0.717) is 0 Å². The molecule has 0 atom stereocenters. The Kier molecular flexibility index (Phi) is 3.37. The third-order valence-electron chi connectivity index (χ3n) is 5.75. The molecular weight excluding hydrogens is 447 g/mol. The molecule has 2 heteroatoms. The van der Waals surface area contributed by atoms with E-state index >= 15 is 0 Å². The van der Waals surface area contributed by atoms with Gasteiger partial charge in [-0.3, -0.25) is 0 Å². The number of hydrogen-bond acceptors (Lipinski definition) is 0. The van der Waals surface area contributed by atoms with Gasteiger partial charge in [-0.05, 0) is 0 Å². The van der Waals surface area contributed by atoms with Crippen LogP contribution < -0.4 is 19.5 Å². The second kappa shape index (κ2) is 5.68. The molecule has 4 aromatic carbocycles. The summed E-state index contributed by atoms with van der Waals surface area (Å²) in [6, 6.07) is 32.6. The Morgan fingerprint density at radius 3 is 1.77 bits per heavy atom. The number of benzene rings is 4. The minimum absolute atomic E-state index is 0.336. The molecule has 26 heavy (non-hydrogen) atoms. The summed E-state index contributed by atoms with van der Waals surface area (Å²) >= 11 is -0.336. The Bertz CT molecular complexity index is 1100. The molecule has 0 bridgehead atoms. The standard InChI is InChI=1S/C24H18PTe/c1-3-7-19(8-4-1)25(20-9-5-2-6-10-20)21-15-13-17-11-12-18-14-16-22(26-25)24(21)23(17)18/h1-10,13-16H,11-12H2/q+1. The summed E-state index contributed by atoms with van der Waals surface area (Å²) in [6.07, 6.45) is 2.44. The van der Waals surface area contributed by atoms with Crippen LogP contribution in [0.2, 0.25) is 0 Å². The molecule has 4 aromatic rings. The van der Waals surface area contributed by atoms with E-state index in [2.05, 4.69) is 84.9 Å². The topological polar surface area (TPSA) is 0 Å². The number of hydrogen-bond donors (Lipinski definition) is 0. The zero-order valence-corrected chi connectivity index (χ0v) is 17.6. The first-order valence-corrected chi connectivity index (χ1v) is 15.2. The SMILES string of the molecule is c1ccc([P+]2(c3ccccc3)[Te]c3ccc4c5c(ccc2c35)CC4)cc1. The fourth-order valence-corrected chi connectivity index (χ4v) is 19.1. The molecule has 0 amide bonds. The molecule has 0 nitrogen and oxygen atoms in total. The fraction of sp³-hybridized carbons (Fsp3) is 0.0833. The first-order valence-electron chi connectivity index (χ1n) is 9.16. The van der Waals surface area contributed by atoms with Crippen molar-refractivity contribution in [2.24, 2.45) is 0 Å². The van der Waals surface area contributed by atoms with Crippen LogP contribution in [0.4, 0.5) is 0 Å². The van der Waals surface area contributed by atoms with Crippen LogP contribution in [-0.4, -0.2) is 20.4 Å². The van der Waals surface area contributed by atoms with Crippen molar-refractivity contribution in [1.82, 2.24) is 0 Å². The Labute approximate surface area is 164 Å². The normalized spacial score (nSPS) is 16.3. The van der Waals surface area contributed by atoms with Crippen LogP contribution in [-0.2, 0) is 12.8 Å². The van der Waals surface area contributed by atoms with Crippen molar-refractivity contribution < 1.29 is 0 Å². The van der Waals surface area contributed by atoms with Gasteiger partial charge in [-0.15, -0.1) is 0 Å². The Hall–Kier alpha value is -1.64. The predicted molar refractivity (Wildman–Crippen MR) is 115 cm³/mol. The van der Waals surface area contributed by atoms with Gasteiger partial charge >= 0.3 is 165 Å². The quantitative estimate of drug-likeness (QED) is 0.315. The molecule has 124 valence electrons. The average Bonchev–Trinajstić information content (AvgIpc) is 3.28. The van der Waals surface area contributed by atoms with Gasteiger partial charge in [0.25, 0.3) is 0 Å². The van der Waals surface area contributed by atoms with E-state index in [-0.39, 0.29) is 20.4 Å². The van der Waals surface area contributed by atoms with Gasteiger partial charge in [0.1, 0.15) is 0 Å². The van der Waals surface area contributed by atoms with Crippen molar-refractivity contribution in [2.75, 3.05) is 0 Å². The van der Waals surface area contributed by atoms with Crippen molar-refractivity contribution in [3.8, 4) is 0 Å². The van der Waals surface area contributed by atoms with Crippen molar-refractivity contribution >= 4 is 55.6 Å². The second-order valence-corrected chi connectivity index (χ2v) is 17.5. The van der Waals surface area contributed by atoms with Crippen LogP contribution in [0.5, 0.6) is 0 Å². The maximum atomic E-state index is 2.50. The summed E-state index contributed by atoms with van der Waals surface area (Å²) in [4.78, 5) is -1.49. The van der Waals surface area contributed by atoms with Crippen molar-refractivity contribution in [3.05, 3.63) is 96.1 Å². The summed E-state index contributed by atoms with van der Waals surface area (Å²) in [5.41, 5.74) is 3.16. The molecule has 0 fully saturated rings. The first kappa shape index (κ1) is 15.4. The molecule has 0 radical (unpaired) electrons. The van der Waals surface area contributed by atoms with Crippen LogP contribution in [0.25, 0.3) is 10.8 Å². The fourth-order valence-electron chi connectivity index (χ4n) is 4.62. The Morgan fingerprint density at radius 1 is 0.577 bits per heavy atom. The molecule has 1 aliphatic carbocycles. The molecule has 0 N–H and O–H groups in total. The monoisotopic (exact) mass is 467 g/mol. The van der Waals surface area contributed by atoms with E-state index in [1.54, 1.807) is 41.4 Å². The Morgan fingerprint density at radius 2 is 1.15 bits per heavy atom. The number of rotatable bonds is 2. The van der Waals surface area contributed by atoms with E-state index in [0.717, 1.165) is 0 Å². The van der Waals surface area contributed by atoms with Gasteiger partial charge in [0.2, 0.25) is 0 Å². The maximum absolute atomic E-state index is 2.50. The molecule has 6 rings (SSSR count). The summed E-state index contributed by atoms with van der Waals surface area (Å²) < 4.78 is 1.69. The zero-order chi connectivity index (χ0) is 17.1. The molecule has 0 saturated heterocycles. The molecule has 2 aliphatic rings. The average molecular weight is 465 g/mol. The van der Waals surface area contributed by atoms with Gasteiger partial charge in [0, 0.05) is 0 Å². The zero-order valence-electron chi connectivity index (χ0n) is 14.4. The molecular formula is C24H18PTe+. The Balaban J connectivity index is 1.76. The summed E-state index contributed by atoms with van der Waals surface area (Å²) in [6.45, 7) is 0. The molecule has 0 saturated carbocycles. The first-order chi connectivity index (χ1) is 12.9. The number of aryl methyl sites for hydroxylation is 2. The van der Waals surface area contributed by atoms with Crippen LogP contribution in [0, 0.1) is 0 Å². The van der Waals surface area contributed by atoms with E-state index in [9.17, 15) is 0 Å². The van der Waals surface area contributed by atoms with Crippen molar-refractivity contribution in [1.29, 1.82) is 0 Å². The minimum atomic E-state index is -1.49. The third-order valence-corrected chi connectivity index (χ3v) is 19.6. The predicted octanol–water partition coefficient (Wildman–Crippen LogP) is 3.49. The summed E-state index contributed by atoms with van der Waals surface area (Å²) in [7, 11) is 0. The van der Waals surface area contributed by atoms with Gasteiger partial charge in [-0.25, -0.2) is 0 Å². The van der Waals surface area contributed by atoms with Gasteiger partial charge in [0.05, 0.1) is 0 Å². The van der Waals surface area contributed by atoms with Gasteiger partial charge in [-0.1, -0.05) is 0 Å². The molecule has 0 aromatic heterocycles. The van der Waals surface area contributed by atoms with E-state index < -0.39 is 4.95 Å². The van der Waals surface area contributed by atoms with Gasteiger partial charge in [-0.2, -0.15) is 0 Å². The second-order valence-electron chi connectivity index (χ2n) is 7.09. The van der Waals surface area contributed by atoms with E-state index in [1.165, 1.54) is 12.8 Å². The third kappa shape index (κ3) is 1.95. The van der Waals surface area contributed by atoms with Crippen LogP contribution >= 0.6 is 4.95 Å². The van der Waals surface area contributed by atoms with Crippen LogP contribution in [0.15, 0.2) is 84.9 Å². The molecule has 0 spiro atoms. The molecule has 0 unspecified atom stereocenters. The molecule has 1 heterocycles. The van der Waals surface area contributed by atoms with E-state index in [1.807, 2.05) is 0 Å². The summed E-state index contributed by atoms with van der Waals surface area (Å²) in [5.74, 6) is 0. The van der Waals surface area contributed by atoms with Crippen molar-refractivity contribution in [3.63, 3.8) is 0 Å². The van der Waals surface area contributed by atoms with Crippen LogP contribution in [0.3, 0.4) is 0 Å².